The van der Waals surface area contributed by atoms with Gasteiger partial charge in [0, 0.05) is 40.3 Å². The predicted molar refractivity (Wildman–Crippen MR) is 132 cm³/mol. The van der Waals surface area contributed by atoms with Crippen molar-refractivity contribution in [2.75, 3.05) is 17.7 Å². The molecular formula is C23H18FN5O4S2. The Hall–Kier alpha value is -4.21. The summed E-state index contributed by atoms with van der Waals surface area (Å²) < 4.78 is 42.4. The van der Waals surface area contributed by atoms with Crippen LogP contribution in [0.15, 0.2) is 63.7 Å². The number of pyridine rings is 1. The second-order valence-electron chi connectivity index (χ2n) is 7.43. The number of amides is 2. The molecule has 4 aromatic rings. The maximum atomic E-state index is 15.0. The van der Waals surface area contributed by atoms with E-state index in [0.717, 1.165) is 26.8 Å². The lowest BCUT2D eigenvalue weighted by Gasteiger charge is -2.13. The SMILES string of the molecule is CNc1ccc2c(=O)n(-c3ccc(NC(=O)NS(=O)(=O)c4ccc(C)s4)cc3F)cc(C#N)c2c1. The molecule has 0 aliphatic heterocycles. The molecule has 35 heavy (non-hydrogen) atoms. The molecule has 0 aliphatic rings. The summed E-state index contributed by atoms with van der Waals surface area (Å²) in [4.78, 5) is 26.0. The van der Waals surface area contributed by atoms with Crippen molar-refractivity contribution in [2.45, 2.75) is 11.1 Å². The second kappa shape index (κ2) is 9.21. The van der Waals surface area contributed by atoms with E-state index in [1.54, 1.807) is 38.2 Å². The number of benzene rings is 2. The van der Waals surface area contributed by atoms with Crippen molar-refractivity contribution in [1.82, 2.24) is 9.29 Å². The summed E-state index contributed by atoms with van der Waals surface area (Å²) in [5, 5.41) is 15.4. The van der Waals surface area contributed by atoms with Crippen LogP contribution in [0.25, 0.3) is 16.5 Å². The normalized spacial score (nSPS) is 11.1. The van der Waals surface area contributed by atoms with Gasteiger partial charge >= 0.3 is 6.03 Å². The molecule has 12 heteroatoms. The lowest BCUT2D eigenvalue weighted by Crippen LogP contribution is -2.34. The third-order valence-electron chi connectivity index (χ3n) is 5.10. The standard InChI is InChI=1S/C23H18FN5O4S2/c1-13-3-8-21(34-13)35(32,33)28-23(31)27-16-5-7-20(19(24)10-16)29-12-14(11-25)18-9-15(26-2)4-6-17(18)22(29)30/h3-10,12,26H,1-2H3,(H2,27,28,31). The van der Waals surface area contributed by atoms with Crippen LogP contribution in [0.3, 0.4) is 0 Å². The molecule has 4 rings (SSSR count). The summed E-state index contributed by atoms with van der Waals surface area (Å²) in [6.07, 6.45) is 1.25. The smallest absolute Gasteiger partial charge is 0.333 e. The maximum Gasteiger partial charge on any atom is 0.333 e. The Kier molecular flexibility index (Phi) is 6.29. The number of thiophene rings is 1. The number of fused-ring (bicyclic) bond motifs is 1. The number of carbonyl (C=O) groups excluding carboxylic acids is 1. The molecule has 0 unspecified atom stereocenters. The third-order valence-corrected chi connectivity index (χ3v) is 7.92. The molecule has 2 heterocycles. The quantitative estimate of drug-likeness (QED) is 0.372. The fraction of sp³-hybridized carbons (Fsp3) is 0.0870. The Morgan fingerprint density at radius 1 is 1.09 bits per heavy atom. The van der Waals surface area contributed by atoms with Crippen molar-refractivity contribution in [1.29, 1.82) is 5.26 Å². The Morgan fingerprint density at radius 2 is 1.83 bits per heavy atom. The van der Waals surface area contributed by atoms with Gasteiger partial charge in [0.25, 0.3) is 15.6 Å². The van der Waals surface area contributed by atoms with E-state index >= 15 is 0 Å². The highest BCUT2D eigenvalue weighted by molar-refractivity contribution is 7.92. The van der Waals surface area contributed by atoms with Crippen molar-refractivity contribution in [3.8, 4) is 11.8 Å². The number of hydrogen-bond donors (Lipinski definition) is 3. The molecule has 9 nitrogen and oxygen atoms in total. The molecule has 0 bridgehead atoms. The van der Waals surface area contributed by atoms with Gasteiger partial charge in [-0.3, -0.25) is 9.36 Å². The van der Waals surface area contributed by atoms with Crippen LogP contribution in [0, 0.1) is 24.1 Å². The monoisotopic (exact) mass is 511 g/mol. The Bertz CT molecular complexity index is 1690. The van der Waals surface area contributed by atoms with E-state index in [9.17, 15) is 27.7 Å². The number of nitrogens with one attached hydrogen (secondary N) is 3. The number of anilines is 2. The number of nitriles is 1. The highest BCUT2D eigenvalue weighted by atomic mass is 32.2. The van der Waals surface area contributed by atoms with Crippen molar-refractivity contribution in [2.24, 2.45) is 0 Å². The Balaban J connectivity index is 1.63. The molecule has 0 radical (unpaired) electrons. The van der Waals surface area contributed by atoms with Gasteiger partial charge in [0.2, 0.25) is 0 Å². The number of hydrogen-bond acceptors (Lipinski definition) is 7. The molecule has 0 saturated heterocycles. The van der Waals surface area contributed by atoms with Gasteiger partial charge in [-0.2, -0.15) is 5.26 Å². The molecular weight excluding hydrogens is 493 g/mol. The molecule has 2 amide bonds. The first-order chi connectivity index (χ1) is 16.6. The molecule has 3 N–H and O–H groups in total. The zero-order valence-electron chi connectivity index (χ0n) is 18.4. The molecule has 2 aromatic heterocycles. The van der Waals surface area contributed by atoms with Crippen LogP contribution in [0.2, 0.25) is 0 Å². The topological polar surface area (TPSA) is 133 Å². The van der Waals surface area contributed by atoms with Gasteiger partial charge in [-0.15, -0.1) is 11.3 Å². The van der Waals surface area contributed by atoms with Gasteiger partial charge in [-0.25, -0.2) is 22.3 Å². The van der Waals surface area contributed by atoms with Gasteiger partial charge in [-0.05, 0) is 55.5 Å². The minimum Gasteiger partial charge on any atom is -0.388 e. The summed E-state index contributed by atoms with van der Waals surface area (Å²) in [5.41, 5.74) is 0.179. The summed E-state index contributed by atoms with van der Waals surface area (Å²) in [7, 11) is -2.37. The average Bonchev–Trinajstić information content (AvgIpc) is 3.26. The van der Waals surface area contributed by atoms with Crippen LogP contribution < -0.4 is 20.9 Å². The number of sulfonamides is 1. The van der Waals surface area contributed by atoms with Crippen LogP contribution in [-0.4, -0.2) is 26.1 Å². The van der Waals surface area contributed by atoms with Crippen LogP contribution in [0.5, 0.6) is 0 Å². The number of halogens is 1. The first kappa shape index (κ1) is 23.9. The van der Waals surface area contributed by atoms with Gasteiger partial charge in [-0.1, -0.05) is 0 Å². The van der Waals surface area contributed by atoms with Gasteiger partial charge in [0.1, 0.15) is 16.1 Å². The second-order valence-corrected chi connectivity index (χ2v) is 10.6. The minimum absolute atomic E-state index is 0.0301. The van der Waals surface area contributed by atoms with E-state index in [1.165, 1.54) is 24.4 Å². The largest absolute Gasteiger partial charge is 0.388 e. The Morgan fingerprint density at radius 3 is 2.46 bits per heavy atom. The van der Waals surface area contributed by atoms with Crippen LogP contribution in [0.1, 0.15) is 10.4 Å². The van der Waals surface area contributed by atoms with E-state index < -0.39 is 27.4 Å². The van der Waals surface area contributed by atoms with Crippen molar-refractivity contribution >= 4 is 49.5 Å². The lowest BCUT2D eigenvalue weighted by atomic mass is 10.1. The lowest BCUT2D eigenvalue weighted by molar-refractivity contribution is 0.256. The van der Waals surface area contributed by atoms with Gasteiger partial charge in [0.05, 0.1) is 11.3 Å². The van der Waals surface area contributed by atoms with Gasteiger partial charge < -0.3 is 10.6 Å². The molecule has 178 valence electrons. The number of rotatable bonds is 5. The van der Waals surface area contributed by atoms with E-state index in [4.69, 9.17) is 0 Å². The fourth-order valence-electron chi connectivity index (χ4n) is 3.43. The number of nitrogens with zero attached hydrogens (tertiary/aromatic N) is 2. The maximum absolute atomic E-state index is 15.0. The summed E-state index contributed by atoms with van der Waals surface area (Å²) in [6.45, 7) is 1.73. The summed E-state index contributed by atoms with van der Waals surface area (Å²) in [5.74, 6) is -0.864. The van der Waals surface area contributed by atoms with Gasteiger partial charge in [0.15, 0.2) is 0 Å². The Labute approximate surface area is 203 Å². The van der Waals surface area contributed by atoms with Crippen LogP contribution in [-0.2, 0) is 10.0 Å². The minimum atomic E-state index is -4.08. The number of urea groups is 1. The third kappa shape index (κ3) is 4.72. The van der Waals surface area contributed by atoms with E-state index in [2.05, 4.69) is 10.6 Å². The molecule has 0 saturated carbocycles. The molecule has 0 spiro atoms. The molecule has 0 aliphatic carbocycles. The summed E-state index contributed by atoms with van der Waals surface area (Å²) in [6, 6.07) is 12.3. The predicted octanol–water partition coefficient (Wildman–Crippen LogP) is 3.92. The van der Waals surface area contributed by atoms with Crippen molar-refractivity contribution in [3.63, 3.8) is 0 Å². The molecule has 0 fully saturated rings. The number of aryl methyl sites for hydroxylation is 1. The zero-order valence-corrected chi connectivity index (χ0v) is 20.1. The molecule has 0 atom stereocenters. The van der Waals surface area contributed by atoms with E-state index in [0.29, 0.717) is 11.1 Å². The first-order valence-corrected chi connectivity index (χ1v) is 12.4. The van der Waals surface area contributed by atoms with Crippen molar-refractivity contribution in [3.05, 3.63) is 81.3 Å². The van der Waals surface area contributed by atoms with Crippen LogP contribution in [0.4, 0.5) is 20.6 Å². The summed E-state index contributed by atoms with van der Waals surface area (Å²) >= 11 is 1.00. The van der Waals surface area contributed by atoms with Crippen LogP contribution >= 0.6 is 11.3 Å². The number of carbonyl (C=O) groups is 1. The highest BCUT2D eigenvalue weighted by Crippen LogP contribution is 2.24. The first-order valence-electron chi connectivity index (χ1n) is 10.1. The average molecular weight is 512 g/mol. The van der Waals surface area contributed by atoms with E-state index in [-0.39, 0.29) is 26.5 Å². The van der Waals surface area contributed by atoms with E-state index in [1.807, 2.05) is 10.8 Å². The molecule has 2 aromatic carbocycles. The number of aromatic nitrogens is 1. The zero-order chi connectivity index (χ0) is 25.3. The highest BCUT2D eigenvalue weighted by Gasteiger charge is 2.20. The fourth-order valence-corrected chi connectivity index (χ4v) is 5.62. The van der Waals surface area contributed by atoms with Crippen molar-refractivity contribution < 1.29 is 17.6 Å².